The van der Waals surface area contributed by atoms with Gasteiger partial charge in [0.15, 0.2) is 11.3 Å². The number of furan rings is 1. The number of nitrogens with one attached hydrogen (secondary N) is 1. The van der Waals surface area contributed by atoms with Crippen LogP contribution in [0.25, 0.3) is 22.4 Å². The maximum absolute atomic E-state index is 6.02. The third kappa shape index (κ3) is 1.27. The van der Waals surface area contributed by atoms with Crippen LogP contribution in [0.3, 0.4) is 0 Å². The number of nitrogen functional groups attached to an aromatic ring is 1. The van der Waals surface area contributed by atoms with Gasteiger partial charge >= 0.3 is 0 Å². The molecule has 3 rings (SSSR count). The molecule has 0 aliphatic rings. The molecule has 0 unspecified atom stereocenters. The molecule has 0 amide bonds. The van der Waals surface area contributed by atoms with Gasteiger partial charge in [-0.1, -0.05) is 23.7 Å². The smallest absolute Gasteiger partial charge is 0.155 e. The van der Waals surface area contributed by atoms with Crippen LogP contribution in [0.15, 0.2) is 34.9 Å². The summed E-state index contributed by atoms with van der Waals surface area (Å²) in [5.74, 6) is 0.637. The largest absolute Gasteiger partial charge is 0.453 e. The summed E-state index contributed by atoms with van der Waals surface area (Å²) >= 11 is 6.02. The minimum atomic E-state index is 0.551. The molecule has 0 radical (unpaired) electrons. The molecule has 3 N–H and O–H groups in total. The number of nitrogens with two attached hydrogens (primary N) is 1. The first-order chi connectivity index (χ1) is 7.75. The number of benzene rings is 1. The average Bonchev–Trinajstić information content (AvgIpc) is 2.84. The maximum atomic E-state index is 6.02. The number of rotatable bonds is 1. The van der Waals surface area contributed by atoms with Crippen molar-refractivity contribution in [2.45, 2.75) is 0 Å². The first-order valence-electron chi connectivity index (χ1n) is 4.73. The van der Waals surface area contributed by atoms with Gasteiger partial charge in [0.1, 0.15) is 5.69 Å². The molecule has 2 aromatic heterocycles. The van der Waals surface area contributed by atoms with Gasteiger partial charge in [0.25, 0.3) is 0 Å². The first-order valence-corrected chi connectivity index (χ1v) is 5.11. The molecular formula is C11H8ClN3O. The van der Waals surface area contributed by atoms with E-state index < -0.39 is 0 Å². The van der Waals surface area contributed by atoms with Crippen molar-refractivity contribution in [2.24, 2.45) is 0 Å². The van der Waals surface area contributed by atoms with Crippen molar-refractivity contribution < 1.29 is 4.42 Å². The van der Waals surface area contributed by atoms with Gasteiger partial charge in [-0.15, -0.1) is 0 Å². The summed E-state index contributed by atoms with van der Waals surface area (Å²) < 4.78 is 5.64. The summed E-state index contributed by atoms with van der Waals surface area (Å²) in [6.07, 6.45) is 1.55. The molecule has 0 spiro atoms. The highest BCUT2D eigenvalue weighted by Crippen LogP contribution is 2.32. The Bertz CT molecular complexity index is 656. The normalized spacial score (nSPS) is 11.1. The van der Waals surface area contributed by atoms with Crippen LogP contribution in [0, 0.1) is 0 Å². The minimum Gasteiger partial charge on any atom is -0.453 e. The SMILES string of the molecule is Nc1cn[nH]c1-c1cc2cccc(Cl)c2o1. The molecular weight excluding hydrogens is 226 g/mol. The summed E-state index contributed by atoms with van der Waals surface area (Å²) in [5.41, 5.74) is 7.63. The fourth-order valence-electron chi connectivity index (χ4n) is 1.64. The quantitative estimate of drug-likeness (QED) is 0.679. The number of H-pyrrole nitrogens is 1. The molecule has 0 fully saturated rings. The third-order valence-corrected chi connectivity index (χ3v) is 2.71. The molecule has 0 saturated heterocycles. The minimum absolute atomic E-state index is 0.551. The van der Waals surface area contributed by atoms with E-state index in [-0.39, 0.29) is 0 Å². The van der Waals surface area contributed by atoms with Crippen molar-refractivity contribution in [3.63, 3.8) is 0 Å². The number of aromatic nitrogens is 2. The third-order valence-electron chi connectivity index (χ3n) is 2.41. The van der Waals surface area contributed by atoms with Crippen LogP contribution >= 0.6 is 11.6 Å². The number of fused-ring (bicyclic) bond motifs is 1. The second kappa shape index (κ2) is 3.28. The van der Waals surface area contributed by atoms with E-state index in [1.165, 1.54) is 0 Å². The average molecular weight is 234 g/mol. The van der Waals surface area contributed by atoms with E-state index in [0.29, 0.717) is 27.7 Å². The van der Waals surface area contributed by atoms with Crippen molar-refractivity contribution in [3.8, 4) is 11.5 Å². The number of hydrogen-bond acceptors (Lipinski definition) is 3. The van der Waals surface area contributed by atoms with Crippen molar-refractivity contribution in [3.05, 3.63) is 35.5 Å². The van der Waals surface area contributed by atoms with E-state index in [0.717, 1.165) is 5.39 Å². The van der Waals surface area contributed by atoms with Gasteiger partial charge in [-0.2, -0.15) is 5.10 Å². The highest BCUT2D eigenvalue weighted by Gasteiger charge is 2.12. The van der Waals surface area contributed by atoms with Gasteiger partial charge in [-0.05, 0) is 12.1 Å². The van der Waals surface area contributed by atoms with Crippen LogP contribution in [-0.4, -0.2) is 10.2 Å². The van der Waals surface area contributed by atoms with Crippen LogP contribution in [0.1, 0.15) is 0 Å². The number of aromatic amines is 1. The lowest BCUT2D eigenvalue weighted by Crippen LogP contribution is -1.84. The summed E-state index contributed by atoms with van der Waals surface area (Å²) in [4.78, 5) is 0. The highest BCUT2D eigenvalue weighted by molar-refractivity contribution is 6.34. The van der Waals surface area contributed by atoms with E-state index in [2.05, 4.69) is 10.2 Å². The topological polar surface area (TPSA) is 67.8 Å². The van der Waals surface area contributed by atoms with Crippen molar-refractivity contribution >= 4 is 28.3 Å². The molecule has 1 aromatic carbocycles. The fraction of sp³-hybridized carbons (Fsp3) is 0. The second-order valence-corrected chi connectivity index (χ2v) is 3.88. The van der Waals surface area contributed by atoms with Crippen molar-refractivity contribution in [1.29, 1.82) is 0 Å². The molecule has 0 bridgehead atoms. The second-order valence-electron chi connectivity index (χ2n) is 3.47. The van der Waals surface area contributed by atoms with E-state index in [9.17, 15) is 0 Å². The van der Waals surface area contributed by atoms with E-state index in [1.807, 2.05) is 18.2 Å². The number of anilines is 1. The van der Waals surface area contributed by atoms with E-state index in [1.54, 1.807) is 12.3 Å². The Labute approximate surface area is 96.0 Å². The Morgan fingerprint density at radius 3 is 2.94 bits per heavy atom. The zero-order chi connectivity index (χ0) is 11.1. The Balaban J connectivity index is 2.27. The van der Waals surface area contributed by atoms with Crippen LogP contribution in [-0.2, 0) is 0 Å². The fourth-order valence-corrected chi connectivity index (χ4v) is 1.86. The summed E-state index contributed by atoms with van der Waals surface area (Å²) in [7, 11) is 0. The van der Waals surface area contributed by atoms with Crippen molar-refractivity contribution in [1.82, 2.24) is 10.2 Å². The van der Waals surface area contributed by atoms with Crippen LogP contribution in [0.4, 0.5) is 5.69 Å². The molecule has 0 aliphatic carbocycles. The van der Waals surface area contributed by atoms with E-state index >= 15 is 0 Å². The van der Waals surface area contributed by atoms with Gasteiger partial charge in [0.05, 0.1) is 16.9 Å². The van der Waals surface area contributed by atoms with Crippen molar-refractivity contribution in [2.75, 3.05) is 5.73 Å². The maximum Gasteiger partial charge on any atom is 0.155 e. The van der Waals surface area contributed by atoms with Gasteiger partial charge in [-0.3, -0.25) is 5.10 Å². The molecule has 5 heteroatoms. The van der Waals surface area contributed by atoms with Gasteiger partial charge in [-0.25, -0.2) is 0 Å². The number of halogens is 1. The van der Waals surface area contributed by atoms with Crippen LogP contribution < -0.4 is 5.73 Å². The van der Waals surface area contributed by atoms with Gasteiger partial charge in [0.2, 0.25) is 0 Å². The van der Waals surface area contributed by atoms with Crippen LogP contribution in [0.5, 0.6) is 0 Å². The predicted molar refractivity (Wildman–Crippen MR) is 63.2 cm³/mol. The monoisotopic (exact) mass is 233 g/mol. The lowest BCUT2D eigenvalue weighted by atomic mass is 10.2. The van der Waals surface area contributed by atoms with Gasteiger partial charge in [0, 0.05) is 5.39 Å². The molecule has 3 aromatic rings. The zero-order valence-electron chi connectivity index (χ0n) is 8.20. The lowest BCUT2D eigenvalue weighted by molar-refractivity contribution is 0.629. The summed E-state index contributed by atoms with van der Waals surface area (Å²) in [5, 5.41) is 8.16. The van der Waals surface area contributed by atoms with Gasteiger partial charge < -0.3 is 10.2 Å². The molecule has 0 aliphatic heterocycles. The Hall–Kier alpha value is -1.94. The van der Waals surface area contributed by atoms with E-state index in [4.69, 9.17) is 21.8 Å². The summed E-state index contributed by atoms with van der Waals surface area (Å²) in [6, 6.07) is 7.47. The Morgan fingerprint density at radius 1 is 1.38 bits per heavy atom. The predicted octanol–water partition coefficient (Wildman–Crippen LogP) is 3.06. The molecule has 0 atom stereocenters. The lowest BCUT2D eigenvalue weighted by Gasteiger charge is -1.92. The number of nitrogens with zero attached hydrogens (tertiary/aromatic N) is 1. The number of para-hydroxylation sites is 1. The summed E-state index contributed by atoms with van der Waals surface area (Å²) in [6.45, 7) is 0. The molecule has 80 valence electrons. The molecule has 0 saturated carbocycles. The first kappa shape index (κ1) is 9.30. The van der Waals surface area contributed by atoms with Crippen LogP contribution in [0.2, 0.25) is 5.02 Å². The Morgan fingerprint density at radius 2 is 2.25 bits per heavy atom. The molecule has 4 nitrogen and oxygen atoms in total. The zero-order valence-corrected chi connectivity index (χ0v) is 8.95. The highest BCUT2D eigenvalue weighted by atomic mass is 35.5. The molecule has 16 heavy (non-hydrogen) atoms. The standard InChI is InChI=1S/C11H8ClN3O/c12-7-3-1-2-6-4-9(16-11(6)7)10-8(13)5-14-15-10/h1-5H,13H2,(H,14,15). The number of hydrogen-bond donors (Lipinski definition) is 2. The molecule has 2 heterocycles. The Kier molecular flexibility index (Phi) is 1.91.